The van der Waals surface area contributed by atoms with Gasteiger partial charge in [-0.15, -0.1) is 10.2 Å². The number of thioether (sulfide) groups is 1. The summed E-state index contributed by atoms with van der Waals surface area (Å²) in [5.74, 6) is 1.46. The summed E-state index contributed by atoms with van der Waals surface area (Å²) in [6, 6.07) is 16.6. The topological polar surface area (TPSA) is 63.2 Å². The number of rotatable bonds is 7. The van der Waals surface area contributed by atoms with Crippen LogP contribution in [0.15, 0.2) is 53.7 Å². The first-order chi connectivity index (χ1) is 14.7. The fourth-order valence-corrected chi connectivity index (χ4v) is 4.13. The third kappa shape index (κ3) is 4.21. The van der Waals surface area contributed by atoms with Crippen LogP contribution >= 0.6 is 11.8 Å². The molecule has 0 spiro atoms. The van der Waals surface area contributed by atoms with E-state index in [0.717, 1.165) is 42.1 Å². The number of nitrogens with one attached hydrogen (secondary N) is 1. The molecule has 0 amide bonds. The summed E-state index contributed by atoms with van der Waals surface area (Å²) in [5.41, 5.74) is 4.82. The molecule has 1 aromatic heterocycles. The van der Waals surface area contributed by atoms with Crippen molar-refractivity contribution < 1.29 is 4.74 Å². The predicted octanol–water partition coefficient (Wildman–Crippen LogP) is 5.39. The molecule has 3 aromatic rings. The maximum atomic E-state index is 6.35. The zero-order valence-electron chi connectivity index (χ0n) is 17.6. The molecule has 2 aromatic carbocycles. The molecule has 4 rings (SSSR count). The maximum absolute atomic E-state index is 6.35. The predicted molar refractivity (Wildman–Crippen MR) is 123 cm³/mol. The molecule has 0 fully saturated rings. The average Bonchev–Trinajstić information content (AvgIpc) is 2.95. The molecule has 7 heteroatoms. The van der Waals surface area contributed by atoms with Crippen molar-refractivity contribution in [1.29, 1.82) is 0 Å². The number of aromatic nitrogens is 3. The minimum absolute atomic E-state index is 0.362. The molecular weight excluding hydrogens is 394 g/mol. The Morgan fingerprint density at radius 1 is 1.00 bits per heavy atom. The van der Waals surface area contributed by atoms with Crippen molar-refractivity contribution in [2.24, 2.45) is 0 Å². The highest BCUT2D eigenvalue weighted by molar-refractivity contribution is 7.99. The number of hydrogen-bond donors (Lipinski definition) is 1. The lowest BCUT2D eigenvalue weighted by atomic mass is 10.1. The van der Waals surface area contributed by atoms with Crippen LogP contribution in [-0.2, 0) is 0 Å². The Morgan fingerprint density at radius 3 is 2.50 bits per heavy atom. The monoisotopic (exact) mass is 421 g/mol. The zero-order valence-corrected chi connectivity index (χ0v) is 18.4. The first-order valence-corrected chi connectivity index (χ1v) is 11.5. The van der Waals surface area contributed by atoms with E-state index in [2.05, 4.69) is 70.4 Å². The SMILES string of the molecule is CCCSc1nnc2c(n1)O[C@@H](c1ccc(N(CC)CC)cc1)Nc1ccccc1-2. The molecule has 0 saturated heterocycles. The molecule has 2 heterocycles. The zero-order chi connectivity index (χ0) is 20.9. The van der Waals surface area contributed by atoms with Gasteiger partial charge in [0, 0.05) is 41.3 Å². The molecule has 156 valence electrons. The van der Waals surface area contributed by atoms with Crippen LogP contribution in [0.1, 0.15) is 39.0 Å². The molecule has 0 unspecified atom stereocenters. The second kappa shape index (κ2) is 9.34. The van der Waals surface area contributed by atoms with Crippen LogP contribution in [0.3, 0.4) is 0 Å². The number of anilines is 2. The molecule has 1 aliphatic rings. The molecule has 1 atom stereocenters. The minimum Gasteiger partial charge on any atom is -0.448 e. The van der Waals surface area contributed by atoms with Gasteiger partial charge in [0.05, 0.1) is 0 Å². The standard InChI is InChI=1S/C23H27N5OS/c1-4-15-30-23-25-22-20(26-27-23)18-9-7-8-10-19(18)24-21(29-22)16-11-13-17(14-12-16)28(5-2)6-3/h7-14,21,24H,4-6,15H2,1-3H3/t21-/m0/s1. The van der Waals surface area contributed by atoms with E-state index in [1.54, 1.807) is 11.8 Å². The number of ether oxygens (including phenoxy) is 1. The fraction of sp³-hybridized carbons (Fsp3) is 0.348. The quantitative estimate of drug-likeness (QED) is 0.513. The number of nitrogens with zero attached hydrogens (tertiary/aromatic N) is 4. The van der Waals surface area contributed by atoms with Crippen LogP contribution in [0.4, 0.5) is 11.4 Å². The third-order valence-corrected chi connectivity index (χ3v) is 6.14. The highest BCUT2D eigenvalue weighted by Crippen LogP contribution is 2.39. The van der Waals surface area contributed by atoms with Crippen molar-refractivity contribution in [3.63, 3.8) is 0 Å². The molecule has 0 radical (unpaired) electrons. The van der Waals surface area contributed by atoms with Gasteiger partial charge < -0.3 is 15.0 Å². The van der Waals surface area contributed by atoms with Gasteiger partial charge in [0.15, 0.2) is 11.9 Å². The largest absolute Gasteiger partial charge is 0.448 e. The van der Waals surface area contributed by atoms with Gasteiger partial charge in [0.25, 0.3) is 0 Å². The van der Waals surface area contributed by atoms with Gasteiger partial charge in [-0.3, -0.25) is 0 Å². The molecule has 1 aliphatic heterocycles. The lowest BCUT2D eigenvalue weighted by Crippen LogP contribution is -2.22. The Morgan fingerprint density at radius 2 is 1.77 bits per heavy atom. The highest BCUT2D eigenvalue weighted by atomic mass is 32.2. The Kier molecular flexibility index (Phi) is 6.38. The van der Waals surface area contributed by atoms with Crippen LogP contribution in [0.2, 0.25) is 0 Å². The van der Waals surface area contributed by atoms with Gasteiger partial charge in [0.2, 0.25) is 11.0 Å². The normalized spacial score (nSPS) is 14.7. The lowest BCUT2D eigenvalue weighted by Gasteiger charge is -2.23. The van der Waals surface area contributed by atoms with Crippen LogP contribution in [0, 0.1) is 0 Å². The summed E-state index contributed by atoms with van der Waals surface area (Å²) in [6.45, 7) is 8.44. The summed E-state index contributed by atoms with van der Waals surface area (Å²) in [4.78, 5) is 7.00. The summed E-state index contributed by atoms with van der Waals surface area (Å²) < 4.78 is 6.35. The maximum Gasteiger partial charge on any atom is 0.247 e. The van der Waals surface area contributed by atoms with E-state index < -0.39 is 0 Å². The van der Waals surface area contributed by atoms with E-state index >= 15 is 0 Å². The Balaban J connectivity index is 1.70. The lowest BCUT2D eigenvalue weighted by molar-refractivity contribution is 0.225. The van der Waals surface area contributed by atoms with Crippen molar-refractivity contribution in [3.05, 3.63) is 54.1 Å². The summed E-state index contributed by atoms with van der Waals surface area (Å²) in [5, 5.41) is 12.9. The second-order valence-corrected chi connectivity index (χ2v) is 8.11. The van der Waals surface area contributed by atoms with Gasteiger partial charge in [0.1, 0.15) is 0 Å². The molecule has 0 aliphatic carbocycles. The molecule has 1 N–H and O–H groups in total. The minimum atomic E-state index is -0.362. The van der Waals surface area contributed by atoms with Gasteiger partial charge in [-0.25, -0.2) is 0 Å². The molecular formula is C23H27N5OS. The van der Waals surface area contributed by atoms with Gasteiger partial charge >= 0.3 is 0 Å². The van der Waals surface area contributed by atoms with Crippen LogP contribution in [0.5, 0.6) is 5.88 Å². The number of fused-ring (bicyclic) bond motifs is 3. The van der Waals surface area contributed by atoms with Gasteiger partial charge in [-0.1, -0.05) is 49.0 Å². The van der Waals surface area contributed by atoms with Gasteiger partial charge in [-0.05, 0) is 38.5 Å². The Bertz CT molecular complexity index is 991. The molecule has 6 nitrogen and oxygen atoms in total. The van der Waals surface area contributed by atoms with Gasteiger partial charge in [-0.2, -0.15) is 4.98 Å². The molecule has 30 heavy (non-hydrogen) atoms. The third-order valence-electron chi connectivity index (χ3n) is 5.09. The van der Waals surface area contributed by atoms with E-state index in [1.807, 2.05) is 24.3 Å². The molecule has 0 saturated carbocycles. The molecule has 0 bridgehead atoms. The van der Waals surface area contributed by atoms with Crippen molar-refractivity contribution in [1.82, 2.24) is 15.2 Å². The fourth-order valence-electron chi connectivity index (χ4n) is 3.50. The van der Waals surface area contributed by atoms with E-state index in [-0.39, 0.29) is 6.23 Å². The first kappa shape index (κ1) is 20.5. The highest BCUT2D eigenvalue weighted by Gasteiger charge is 2.26. The van der Waals surface area contributed by atoms with Crippen LogP contribution < -0.4 is 15.0 Å². The summed E-state index contributed by atoms with van der Waals surface area (Å²) in [7, 11) is 0. The van der Waals surface area contributed by atoms with Crippen LogP contribution in [-0.4, -0.2) is 34.0 Å². The van der Waals surface area contributed by atoms with Crippen molar-refractivity contribution >= 4 is 23.1 Å². The van der Waals surface area contributed by atoms with Crippen LogP contribution in [0.25, 0.3) is 11.3 Å². The number of para-hydroxylation sites is 1. The Labute approximate surface area is 182 Å². The van der Waals surface area contributed by atoms with E-state index in [9.17, 15) is 0 Å². The van der Waals surface area contributed by atoms with E-state index in [1.165, 1.54) is 5.69 Å². The summed E-state index contributed by atoms with van der Waals surface area (Å²) >= 11 is 1.60. The average molecular weight is 422 g/mol. The number of benzene rings is 2. The van der Waals surface area contributed by atoms with E-state index in [4.69, 9.17) is 4.74 Å². The Hall–Kier alpha value is -2.80. The van der Waals surface area contributed by atoms with E-state index in [0.29, 0.717) is 16.7 Å². The van der Waals surface area contributed by atoms with Crippen molar-refractivity contribution in [2.45, 2.75) is 38.6 Å². The smallest absolute Gasteiger partial charge is 0.247 e. The van der Waals surface area contributed by atoms with Crippen molar-refractivity contribution in [3.8, 4) is 17.1 Å². The first-order valence-electron chi connectivity index (χ1n) is 10.5. The van der Waals surface area contributed by atoms with Crippen molar-refractivity contribution in [2.75, 3.05) is 29.1 Å². The second-order valence-electron chi connectivity index (χ2n) is 7.05. The summed E-state index contributed by atoms with van der Waals surface area (Å²) in [6.07, 6.45) is 0.691. The number of hydrogen-bond acceptors (Lipinski definition) is 7.